The first-order chi connectivity index (χ1) is 19.2. The number of rotatable bonds is 7. The topological polar surface area (TPSA) is 71.0 Å². The number of nitrogens with zero attached hydrogens (tertiary/aromatic N) is 4. The van der Waals surface area contributed by atoms with Gasteiger partial charge in [0.1, 0.15) is 23.6 Å². The number of hydrogen-bond acceptors (Lipinski definition) is 9. The van der Waals surface area contributed by atoms with Crippen molar-refractivity contribution in [3.63, 3.8) is 0 Å². The minimum atomic E-state index is 0.181. The first-order valence-electron chi connectivity index (χ1n) is 13.3. The zero-order valence-corrected chi connectivity index (χ0v) is 23.7. The van der Waals surface area contributed by atoms with E-state index >= 15 is 0 Å². The van der Waals surface area contributed by atoms with Crippen LogP contribution in [0.15, 0.2) is 84.0 Å². The Balaban J connectivity index is 0.000000455. The molecule has 204 valence electrons. The third kappa shape index (κ3) is 7.23. The number of phenols is 1. The average Bonchev–Trinajstić information content (AvgIpc) is 3.54. The molecule has 2 aliphatic rings. The minimum Gasteiger partial charge on any atom is -0.508 e. The van der Waals surface area contributed by atoms with Crippen molar-refractivity contribution in [2.45, 2.75) is 43.2 Å². The van der Waals surface area contributed by atoms with Gasteiger partial charge >= 0.3 is 0 Å². The molecule has 0 bridgehead atoms. The van der Waals surface area contributed by atoms with E-state index in [1.54, 1.807) is 37.5 Å². The summed E-state index contributed by atoms with van der Waals surface area (Å²) in [5, 5.41) is 10.6. The lowest BCUT2D eigenvalue weighted by Crippen LogP contribution is -2.36. The van der Waals surface area contributed by atoms with E-state index in [2.05, 4.69) is 36.8 Å². The van der Waals surface area contributed by atoms with Crippen molar-refractivity contribution in [2.75, 3.05) is 31.1 Å². The van der Waals surface area contributed by atoms with Gasteiger partial charge < -0.3 is 14.6 Å². The number of methoxy groups -OCH3 is 1. The summed E-state index contributed by atoms with van der Waals surface area (Å²) < 4.78 is 17.9. The molecule has 1 aromatic heterocycles. The maximum absolute atomic E-state index is 9.81. The number of piperidine rings is 1. The fourth-order valence-electron chi connectivity index (χ4n) is 4.96. The molecule has 4 aromatic rings. The number of anilines is 1. The van der Waals surface area contributed by atoms with Crippen molar-refractivity contribution >= 4 is 28.6 Å². The van der Waals surface area contributed by atoms with Crippen LogP contribution in [0.4, 0.5) is 5.13 Å². The molecule has 0 saturated carbocycles. The number of benzene rings is 3. The van der Waals surface area contributed by atoms with Crippen molar-refractivity contribution in [3.05, 3.63) is 90.3 Å². The number of likely N-dealkylation sites (tertiary alicyclic amines) is 1. The predicted molar refractivity (Wildman–Crippen MR) is 158 cm³/mol. The molecule has 0 radical (unpaired) electrons. The maximum Gasteiger partial charge on any atom is 0.215 e. The Labute approximate surface area is 238 Å². The van der Waals surface area contributed by atoms with Crippen molar-refractivity contribution < 1.29 is 14.6 Å². The minimum absolute atomic E-state index is 0.181. The van der Waals surface area contributed by atoms with E-state index < -0.39 is 0 Å². The van der Waals surface area contributed by atoms with E-state index in [-0.39, 0.29) is 5.75 Å². The molecule has 3 heterocycles. The Hall–Kier alpha value is -3.27. The van der Waals surface area contributed by atoms with Gasteiger partial charge in [0.25, 0.3) is 0 Å². The summed E-state index contributed by atoms with van der Waals surface area (Å²) in [6.07, 6.45) is 6.55. The van der Waals surface area contributed by atoms with Gasteiger partial charge in [-0.25, -0.2) is 4.98 Å². The van der Waals surface area contributed by atoms with Gasteiger partial charge in [-0.05, 0) is 62.1 Å². The maximum atomic E-state index is 9.81. The monoisotopic (exact) mass is 562 g/mol. The number of phenolic OH excluding ortho intramolecular Hbond substituents is 1. The molecule has 1 fully saturated rings. The molecule has 2 aliphatic heterocycles. The summed E-state index contributed by atoms with van der Waals surface area (Å²) in [4.78, 5) is 8.14. The molecule has 3 aromatic carbocycles. The van der Waals surface area contributed by atoms with Gasteiger partial charge in [-0.1, -0.05) is 48.9 Å². The van der Waals surface area contributed by atoms with Gasteiger partial charge in [-0.2, -0.15) is 4.37 Å². The summed E-state index contributed by atoms with van der Waals surface area (Å²) in [6.45, 7) is 3.67. The number of aromatic hydroxyl groups is 1. The van der Waals surface area contributed by atoms with Gasteiger partial charge in [0.05, 0.1) is 20.3 Å². The van der Waals surface area contributed by atoms with E-state index in [9.17, 15) is 5.11 Å². The molecule has 6 rings (SSSR count). The average molecular weight is 563 g/mol. The van der Waals surface area contributed by atoms with Crippen molar-refractivity contribution in [1.29, 1.82) is 0 Å². The Kier molecular flexibility index (Phi) is 9.58. The predicted octanol–water partition coefficient (Wildman–Crippen LogP) is 6.96. The van der Waals surface area contributed by atoms with Crippen LogP contribution in [-0.2, 0) is 6.54 Å². The van der Waals surface area contributed by atoms with Gasteiger partial charge in [-0.3, -0.25) is 9.21 Å². The molecule has 9 heteroatoms. The largest absolute Gasteiger partial charge is 0.508 e. The van der Waals surface area contributed by atoms with E-state index in [1.807, 2.05) is 42.5 Å². The Morgan fingerprint density at radius 1 is 1.05 bits per heavy atom. The van der Waals surface area contributed by atoms with Crippen LogP contribution in [0.3, 0.4) is 0 Å². The first-order valence-corrected chi connectivity index (χ1v) is 14.8. The van der Waals surface area contributed by atoms with E-state index in [1.165, 1.54) is 49.4 Å². The molecule has 0 aliphatic carbocycles. The summed E-state index contributed by atoms with van der Waals surface area (Å²) in [5.41, 5.74) is 2.26. The standard InChI is InChI=1S/C24H28N4O3S2.C6H6/c1-30-22-13-18(29)6-5-17(22)15-28(24-25-16-26-32-24)33-19-7-8-20-21(9-12-31-23(20)14-19)27-10-3-2-4-11-27;1-2-4-6-5-3-1/h5-8,13-14,16,21,29H,2-4,9-12,15H2,1H3;1-6H. The highest BCUT2D eigenvalue weighted by molar-refractivity contribution is 8.00. The number of fused-ring (bicyclic) bond motifs is 1. The SMILES string of the molecule is COc1cc(O)ccc1CN(Sc1ccc2c(c1)OCCC2N1CCCCC1)c1ncns1.c1ccccc1. The van der Waals surface area contributed by atoms with Crippen LogP contribution in [0, 0.1) is 0 Å². The van der Waals surface area contributed by atoms with E-state index in [4.69, 9.17) is 9.47 Å². The van der Waals surface area contributed by atoms with Crippen LogP contribution in [0.2, 0.25) is 0 Å². The van der Waals surface area contributed by atoms with Crippen LogP contribution in [-0.4, -0.2) is 46.2 Å². The lowest BCUT2D eigenvalue weighted by Gasteiger charge is -2.38. The fraction of sp³-hybridized carbons (Fsp3) is 0.333. The third-order valence-corrected chi connectivity index (χ3v) is 8.65. The van der Waals surface area contributed by atoms with Crippen molar-refractivity contribution in [2.24, 2.45) is 0 Å². The fourth-order valence-corrected chi connectivity index (χ4v) is 6.49. The molecule has 1 N–H and O–H groups in total. The van der Waals surface area contributed by atoms with Crippen LogP contribution >= 0.6 is 23.5 Å². The lowest BCUT2D eigenvalue weighted by molar-refractivity contribution is 0.119. The number of hydrogen-bond donors (Lipinski definition) is 1. The molecule has 1 saturated heterocycles. The van der Waals surface area contributed by atoms with Gasteiger partial charge in [0.15, 0.2) is 0 Å². The normalized spacial score (nSPS) is 16.8. The zero-order chi connectivity index (χ0) is 26.9. The molecule has 7 nitrogen and oxygen atoms in total. The van der Waals surface area contributed by atoms with Gasteiger partial charge in [0.2, 0.25) is 5.13 Å². The molecule has 0 amide bonds. The zero-order valence-electron chi connectivity index (χ0n) is 22.1. The second-order valence-corrected chi connectivity index (χ2v) is 11.3. The Morgan fingerprint density at radius 3 is 2.51 bits per heavy atom. The van der Waals surface area contributed by atoms with Gasteiger partial charge in [0, 0.05) is 46.1 Å². The molecule has 1 atom stereocenters. The van der Waals surface area contributed by atoms with E-state index in [0.29, 0.717) is 18.3 Å². The first kappa shape index (κ1) is 27.3. The summed E-state index contributed by atoms with van der Waals surface area (Å²) in [7, 11) is 1.61. The quantitative estimate of drug-likeness (QED) is 0.242. The van der Waals surface area contributed by atoms with Crippen LogP contribution < -0.4 is 13.8 Å². The summed E-state index contributed by atoms with van der Waals surface area (Å²) in [5.74, 6) is 1.81. The smallest absolute Gasteiger partial charge is 0.215 e. The van der Waals surface area contributed by atoms with Crippen LogP contribution in [0.5, 0.6) is 17.2 Å². The highest BCUT2D eigenvalue weighted by atomic mass is 32.2. The van der Waals surface area contributed by atoms with Crippen molar-refractivity contribution in [1.82, 2.24) is 14.3 Å². The lowest BCUT2D eigenvalue weighted by atomic mass is 9.97. The molecule has 1 unspecified atom stereocenters. The molecule has 0 spiro atoms. The van der Waals surface area contributed by atoms with E-state index in [0.717, 1.165) is 34.4 Å². The third-order valence-electron chi connectivity index (χ3n) is 6.85. The molecular formula is C30H34N4O3S2. The Morgan fingerprint density at radius 2 is 1.82 bits per heavy atom. The molecule has 39 heavy (non-hydrogen) atoms. The highest BCUT2D eigenvalue weighted by Gasteiger charge is 2.28. The van der Waals surface area contributed by atoms with Crippen LogP contribution in [0.25, 0.3) is 0 Å². The number of aromatic nitrogens is 2. The summed E-state index contributed by atoms with van der Waals surface area (Å²) in [6, 6.07) is 24.2. The number of ether oxygens (including phenoxy) is 2. The second-order valence-electron chi connectivity index (χ2n) is 9.45. The van der Waals surface area contributed by atoms with Crippen LogP contribution in [0.1, 0.15) is 42.9 Å². The second kappa shape index (κ2) is 13.7. The summed E-state index contributed by atoms with van der Waals surface area (Å²) >= 11 is 2.95. The molecular weight excluding hydrogens is 528 g/mol. The van der Waals surface area contributed by atoms with Gasteiger partial charge in [-0.15, -0.1) is 0 Å². The highest BCUT2D eigenvalue weighted by Crippen LogP contribution is 2.41. The van der Waals surface area contributed by atoms with Crippen molar-refractivity contribution in [3.8, 4) is 17.2 Å². The Bertz CT molecular complexity index is 1270.